The van der Waals surface area contributed by atoms with E-state index in [-0.39, 0.29) is 17.8 Å². The van der Waals surface area contributed by atoms with E-state index in [1.54, 1.807) is 22.4 Å². The second-order valence-corrected chi connectivity index (χ2v) is 8.39. The van der Waals surface area contributed by atoms with Crippen LogP contribution >= 0.6 is 0 Å². The van der Waals surface area contributed by atoms with Crippen LogP contribution in [-0.2, 0) is 16.6 Å². The molecule has 1 N–H and O–H groups in total. The summed E-state index contributed by atoms with van der Waals surface area (Å²) >= 11 is 0. The van der Waals surface area contributed by atoms with Gasteiger partial charge in [-0.15, -0.1) is 0 Å². The first-order valence-corrected chi connectivity index (χ1v) is 10.1. The minimum Gasteiger partial charge on any atom is -0.481 e. The fraction of sp³-hybridized carbons (Fsp3) is 0.625. The lowest BCUT2D eigenvalue weighted by molar-refractivity contribution is 0.152. The fourth-order valence-electron chi connectivity index (χ4n) is 3.39. The molecule has 2 aliphatic rings. The zero-order valence-electron chi connectivity index (χ0n) is 14.3. The van der Waals surface area contributed by atoms with Crippen molar-refractivity contribution in [3.63, 3.8) is 0 Å². The normalized spacial score (nSPS) is 23.4. The number of hydrogen-bond donors (Lipinski definition) is 1. The van der Waals surface area contributed by atoms with Crippen molar-refractivity contribution < 1.29 is 17.9 Å². The van der Waals surface area contributed by atoms with Gasteiger partial charge in [0.05, 0.1) is 25.1 Å². The number of sulfonamides is 1. The SMILES string of the molecule is COc1cccc(CNC(=O)N2CCCC(N3CCCS3(=O)=O)C2)n1. The fourth-order valence-corrected chi connectivity index (χ4v) is 5.15. The number of hydrogen-bond acceptors (Lipinski definition) is 5. The highest BCUT2D eigenvalue weighted by molar-refractivity contribution is 7.89. The zero-order valence-corrected chi connectivity index (χ0v) is 15.2. The molecule has 1 atom stereocenters. The number of aromatic nitrogens is 1. The predicted octanol–water partition coefficient (Wildman–Crippen LogP) is 0.800. The van der Waals surface area contributed by atoms with Crippen LogP contribution in [-0.4, -0.2) is 67.2 Å². The Balaban J connectivity index is 1.56. The van der Waals surface area contributed by atoms with Gasteiger partial charge in [-0.25, -0.2) is 18.2 Å². The molecule has 0 aliphatic carbocycles. The Labute approximate surface area is 148 Å². The minimum absolute atomic E-state index is 0.109. The van der Waals surface area contributed by atoms with Gasteiger partial charge in [0, 0.05) is 31.7 Å². The number of likely N-dealkylation sites (tertiary alicyclic amines) is 1. The molecule has 8 nitrogen and oxygen atoms in total. The summed E-state index contributed by atoms with van der Waals surface area (Å²) in [5, 5.41) is 2.85. The maximum atomic E-state index is 12.4. The molecule has 0 bridgehead atoms. The summed E-state index contributed by atoms with van der Waals surface area (Å²) in [6.45, 7) is 1.95. The van der Waals surface area contributed by atoms with Crippen molar-refractivity contribution in [2.45, 2.75) is 31.8 Å². The highest BCUT2D eigenvalue weighted by Gasteiger charge is 2.37. The molecule has 25 heavy (non-hydrogen) atoms. The maximum absolute atomic E-state index is 12.4. The molecule has 1 aromatic heterocycles. The zero-order chi connectivity index (χ0) is 17.9. The Kier molecular flexibility index (Phi) is 5.43. The van der Waals surface area contributed by atoms with Crippen molar-refractivity contribution in [2.24, 2.45) is 0 Å². The third-order valence-electron chi connectivity index (χ3n) is 4.64. The number of urea groups is 1. The number of carbonyl (C=O) groups is 1. The average molecular weight is 368 g/mol. The molecule has 2 fully saturated rings. The predicted molar refractivity (Wildman–Crippen MR) is 92.7 cm³/mol. The molecule has 3 rings (SSSR count). The maximum Gasteiger partial charge on any atom is 0.317 e. The summed E-state index contributed by atoms with van der Waals surface area (Å²) in [7, 11) is -1.60. The van der Waals surface area contributed by atoms with Gasteiger partial charge >= 0.3 is 6.03 Å². The molecule has 3 heterocycles. The number of piperidine rings is 1. The van der Waals surface area contributed by atoms with E-state index >= 15 is 0 Å². The minimum atomic E-state index is -3.15. The Morgan fingerprint density at radius 2 is 2.20 bits per heavy atom. The third-order valence-corrected chi connectivity index (χ3v) is 6.64. The van der Waals surface area contributed by atoms with Crippen molar-refractivity contribution in [3.05, 3.63) is 23.9 Å². The Morgan fingerprint density at radius 3 is 2.92 bits per heavy atom. The van der Waals surface area contributed by atoms with E-state index in [0.717, 1.165) is 12.8 Å². The molecule has 2 amide bonds. The van der Waals surface area contributed by atoms with Gasteiger partial charge in [0.25, 0.3) is 0 Å². The molecule has 0 aromatic carbocycles. The van der Waals surface area contributed by atoms with Crippen LogP contribution in [0.3, 0.4) is 0 Å². The Hall–Kier alpha value is -1.87. The van der Waals surface area contributed by atoms with Crippen LogP contribution in [0.1, 0.15) is 25.0 Å². The van der Waals surface area contributed by atoms with E-state index in [9.17, 15) is 13.2 Å². The van der Waals surface area contributed by atoms with Crippen LogP contribution < -0.4 is 10.1 Å². The van der Waals surface area contributed by atoms with Gasteiger partial charge in [-0.1, -0.05) is 6.07 Å². The summed E-state index contributed by atoms with van der Waals surface area (Å²) in [6, 6.07) is 5.09. The first kappa shape index (κ1) is 17.9. The second-order valence-electron chi connectivity index (χ2n) is 6.35. The van der Waals surface area contributed by atoms with Crippen molar-refractivity contribution in [3.8, 4) is 5.88 Å². The number of pyridine rings is 1. The van der Waals surface area contributed by atoms with E-state index in [0.29, 0.717) is 44.2 Å². The molecular formula is C16H24N4O4S. The molecule has 138 valence electrons. The monoisotopic (exact) mass is 368 g/mol. The number of methoxy groups -OCH3 is 1. The molecule has 1 aromatic rings. The highest BCUT2D eigenvalue weighted by atomic mass is 32.2. The number of amides is 2. The van der Waals surface area contributed by atoms with E-state index < -0.39 is 10.0 Å². The number of rotatable bonds is 4. The molecule has 2 saturated heterocycles. The van der Waals surface area contributed by atoms with Crippen molar-refractivity contribution in [1.29, 1.82) is 0 Å². The molecule has 0 saturated carbocycles. The number of nitrogens with zero attached hydrogens (tertiary/aromatic N) is 3. The summed E-state index contributed by atoms with van der Waals surface area (Å²) in [4.78, 5) is 18.4. The van der Waals surface area contributed by atoms with Crippen LogP contribution in [0.2, 0.25) is 0 Å². The van der Waals surface area contributed by atoms with Gasteiger partial charge in [-0.3, -0.25) is 0 Å². The number of carbonyl (C=O) groups excluding carboxylic acids is 1. The van der Waals surface area contributed by atoms with E-state index in [1.165, 1.54) is 0 Å². The van der Waals surface area contributed by atoms with Gasteiger partial charge in [-0.2, -0.15) is 4.31 Å². The van der Waals surface area contributed by atoms with Crippen LogP contribution in [0, 0.1) is 0 Å². The first-order chi connectivity index (χ1) is 12.0. The van der Waals surface area contributed by atoms with Crippen molar-refractivity contribution in [2.75, 3.05) is 32.5 Å². The van der Waals surface area contributed by atoms with Crippen LogP contribution in [0.15, 0.2) is 18.2 Å². The van der Waals surface area contributed by atoms with E-state index in [2.05, 4.69) is 10.3 Å². The van der Waals surface area contributed by atoms with E-state index in [1.807, 2.05) is 12.1 Å². The Morgan fingerprint density at radius 1 is 1.36 bits per heavy atom. The van der Waals surface area contributed by atoms with Crippen molar-refractivity contribution in [1.82, 2.24) is 19.5 Å². The summed E-state index contributed by atoms with van der Waals surface area (Å²) < 4.78 is 30.8. The van der Waals surface area contributed by atoms with Crippen LogP contribution in [0.4, 0.5) is 4.79 Å². The number of nitrogens with one attached hydrogen (secondary N) is 1. The standard InChI is InChI=1S/C16H24N4O4S/c1-24-15-7-2-5-13(18-15)11-17-16(21)19-8-3-6-14(12-19)20-9-4-10-25(20,22)23/h2,5,7,14H,3-4,6,8-12H2,1H3,(H,17,21). The quantitative estimate of drug-likeness (QED) is 0.849. The van der Waals surface area contributed by atoms with Gasteiger partial charge < -0.3 is 15.0 Å². The lowest BCUT2D eigenvalue weighted by atomic mass is 10.1. The third kappa shape index (κ3) is 4.21. The van der Waals surface area contributed by atoms with Gasteiger partial charge in [0.1, 0.15) is 0 Å². The molecule has 9 heteroatoms. The topological polar surface area (TPSA) is 91.8 Å². The van der Waals surface area contributed by atoms with E-state index in [4.69, 9.17) is 4.74 Å². The lowest BCUT2D eigenvalue weighted by Gasteiger charge is -2.36. The van der Waals surface area contributed by atoms with Gasteiger partial charge in [0.15, 0.2) is 0 Å². The Bertz CT molecular complexity index is 725. The van der Waals surface area contributed by atoms with Crippen LogP contribution in [0.5, 0.6) is 5.88 Å². The van der Waals surface area contributed by atoms with Gasteiger partial charge in [-0.05, 0) is 25.3 Å². The first-order valence-electron chi connectivity index (χ1n) is 8.52. The molecule has 0 radical (unpaired) electrons. The highest BCUT2D eigenvalue weighted by Crippen LogP contribution is 2.23. The average Bonchev–Trinajstić information content (AvgIpc) is 2.99. The van der Waals surface area contributed by atoms with Gasteiger partial charge in [0.2, 0.25) is 15.9 Å². The molecule has 0 spiro atoms. The largest absolute Gasteiger partial charge is 0.481 e. The number of ether oxygens (including phenoxy) is 1. The summed E-state index contributed by atoms with van der Waals surface area (Å²) in [5.41, 5.74) is 0.711. The molecule has 2 aliphatic heterocycles. The lowest BCUT2D eigenvalue weighted by Crippen LogP contribution is -2.52. The van der Waals surface area contributed by atoms with Crippen molar-refractivity contribution >= 4 is 16.1 Å². The summed E-state index contributed by atoms with van der Waals surface area (Å²) in [5.74, 6) is 0.723. The molecule has 1 unspecified atom stereocenters. The smallest absolute Gasteiger partial charge is 0.317 e. The van der Waals surface area contributed by atoms with Crippen LogP contribution in [0.25, 0.3) is 0 Å². The summed E-state index contributed by atoms with van der Waals surface area (Å²) in [6.07, 6.45) is 2.29. The second kappa shape index (κ2) is 7.57. The molecular weight excluding hydrogens is 344 g/mol.